The van der Waals surface area contributed by atoms with E-state index in [1.54, 1.807) is 11.3 Å². The van der Waals surface area contributed by atoms with Gasteiger partial charge in [-0.15, -0.1) is 11.3 Å². The first-order valence-electron chi connectivity index (χ1n) is 17.2. The van der Waals surface area contributed by atoms with Gasteiger partial charge in [0.1, 0.15) is 0 Å². The number of benzene rings is 7. The lowest BCUT2D eigenvalue weighted by Crippen LogP contribution is -1.96. The minimum atomic E-state index is 0.731. The Morgan fingerprint density at radius 1 is 0.392 bits per heavy atom. The highest BCUT2D eigenvalue weighted by Gasteiger charge is 2.20. The highest BCUT2D eigenvalue weighted by atomic mass is 32.1. The third-order valence-corrected chi connectivity index (χ3v) is 11.3. The molecular formula is C46H28N4S. The Labute approximate surface area is 297 Å². The fraction of sp³-hybridized carbons (Fsp3) is 0. The van der Waals surface area contributed by atoms with Crippen molar-refractivity contribution in [1.29, 1.82) is 0 Å². The number of aromatic nitrogens is 4. The van der Waals surface area contributed by atoms with Gasteiger partial charge >= 0.3 is 0 Å². The molecule has 238 valence electrons. The minimum absolute atomic E-state index is 0.731. The maximum absolute atomic E-state index is 5.21. The maximum Gasteiger partial charge on any atom is 0.160 e. The lowest BCUT2D eigenvalue weighted by molar-refractivity contribution is 1.17. The second kappa shape index (κ2) is 11.0. The fourth-order valence-corrected chi connectivity index (χ4v) is 8.99. The summed E-state index contributed by atoms with van der Waals surface area (Å²) >= 11 is 1.76. The van der Waals surface area contributed by atoms with Crippen LogP contribution in [0.5, 0.6) is 0 Å². The van der Waals surface area contributed by atoms with Crippen molar-refractivity contribution in [3.8, 4) is 34.0 Å². The first kappa shape index (κ1) is 28.3. The van der Waals surface area contributed by atoms with Crippen LogP contribution in [0.4, 0.5) is 0 Å². The van der Waals surface area contributed by atoms with Crippen molar-refractivity contribution in [2.24, 2.45) is 0 Å². The smallest absolute Gasteiger partial charge is 0.160 e. The summed E-state index contributed by atoms with van der Waals surface area (Å²) in [5.74, 6) is 0.731. The second-order valence-electron chi connectivity index (χ2n) is 13.0. The summed E-state index contributed by atoms with van der Waals surface area (Å²) in [7, 11) is 0. The first-order chi connectivity index (χ1) is 25.3. The van der Waals surface area contributed by atoms with Gasteiger partial charge in [0.2, 0.25) is 0 Å². The summed E-state index contributed by atoms with van der Waals surface area (Å²) in [6.07, 6.45) is 0. The molecule has 4 nitrogen and oxygen atoms in total. The fourth-order valence-electron chi connectivity index (χ4n) is 7.84. The lowest BCUT2D eigenvalue weighted by Gasteiger charge is -2.11. The number of nitrogens with zero attached hydrogens (tertiary/aromatic N) is 4. The standard InChI is InChI=1S/C46H28N4S/c1-3-13-29(14-4-1)43-45-44(35-19-9-12-22-42(35)51-45)48-46(47-43)30-23-25-32(26-24-30)50-39-21-11-8-18-34(39)37-27-40-36(28-41(37)50)33-17-7-10-20-38(33)49(40)31-15-5-2-6-16-31/h1-28H. The number of hydrogen-bond acceptors (Lipinski definition) is 3. The van der Waals surface area contributed by atoms with E-state index in [-0.39, 0.29) is 0 Å². The SMILES string of the molecule is c1ccc(-c2nc(-c3ccc(-n4c5ccccc5c5cc6c(cc54)c4ccccc4n6-c4ccccc4)cc3)nc3c2sc2ccccc23)cc1. The normalized spacial score (nSPS) is 11.9. The Morgan fingerprint density at radius 2 is 0.922 bits per heavy atom. The molecule has 0 amide bonds. The monoisotopic (exact) mass is 668 g/mol. The van der Waals surface area contributed by atoms with Crippen LogP contribution in [0.1, 0.15) is 0 Å². The number of para-hydroxylation sites is 3. The molecule has 0 saturated carbocycles. The zero-order chi connectivity index (χ0) is 33.5. The Kier molecular flexibility index (Phi) is 6.09. The van der Waals surface area contributed by atoms with Crippen LogP contribution in [0.25, 0.3) is 97.9 Å². The molecule has 51 heavy (non-hydrogen) atoms. The van der Waals surface area contributed by atoms with Crippen LogP contribution in [-0.2, 0) is 0 Å². The van der Waals surface area contributed by atoms with Crippen LogP contribution < -0.4 is 0 Å². The zero-order valence-electron chi connectivity index (χ0n) is 27.4. The number of hydrogen-bond donors (Lipinski definition) is 0. The van der Waals surface area contributed by atoms with Gasteiger partial charge in [-0.3, -0.25) is 0 Å². The summed E-state index contributed by atoms with van der Waals surface area (Å²) in [5, 5.41) is 6.11. The molecule has 0 fully saturated rings. The van der Waals surface area contributed by atoms with Gasteiger partial charge in [0.25, 0.3) is 0 Å². The van der Waals surface area contributed by atoms with E-state index in [9.17, 15) is 0 Å². The molecule has 0 unspecified atom stereocenters. The Morgan fingerprint density at radius 3 is 1.57 bits per heavy atom. The molecule has 0 bridgehead atoms. The van der Waals surface area contributed by atoms with E-state index in [0.29, 0.717) is 0 Å². The summed E-state index contributed by atoms with van der Waals surface area (Å²) in [5.41, 5.74) is 11.1. The topological polar surface area (TPSA) is 35.6 Å². The maximum atomic E-state index is 5.21. The summed E-state index contributed by atoms with van der Waals surface area (Å²) in [4.78, 5) is 10.4. The van der Waals surface area contributed by atoms with Crippen molar-refractivity contribution in [2.45, 2.75) is 0 Å². The van der Waals surface area contributed by atoms with Crippen LogP contribution in [-0.4, -0.2) is 19.1 Å². The summed E-state index contributed by atoms with van der Waals surface area (Å²) < 4.78 is 7.13. The molecule has 11 rings (SSSR count). The van der Waals surface area contributed by atoms with Crippen molar-refractivity contribution in [1.82, 2.24) is 19.1 Å². The molecule has 7 aromatic carbocycles. The van der Waals surface area contributed by atoms with Gasteiger partial charge in [-0.2, -0.15) is 0 Å². The van der Waals surface area contributed by atoms with Crippen molar-refractivity contribution in [2.75, 3.05) is 0 Å². The van der Waals surface area contributed by atoms with Crippen molar-refractivity contribution in [3.63, 3.8) is 0 Å². The van der Waals surface area contributed by atoms with Crippen LogP contribution in [0, 0.1) is 0 Å². The van der Waals surface area contributed by atoms with E-state index in [4.69, 9.17) is 9.97 Å². The molecule has 5 heteroatoms. The van der Waals surface area contributed by atoms with E-state index in [0.717, 1.165) is 44.2 Å². The van der Waals surface area contributed by atoms with Gasteiger partial charge in [0.15, 0.2) is 5.82 Å². The molecule has 0 atom stereocenters. The molecule has 4 heterocycles. The Hall–Kier alpha value is -6.56. The van der Waals surface area contributed by atoms with Gasteiger partial charge in [-0.05, 0) is 66.7 Å². The molecule has 4 aromatic heterocycles. The summed E-state index contributed by atoms with van der Waals surface area (Å²) in [6, 6.07) is 60.6. The largest absolute Gasteiger partial charge is 0.309 e. The highest BCUT2D eigenvalue weighted by Crippen LogP contribution is 2.41. The van der Waals surface area contributed by atoms with Gasteiger partial charge in [0.05, 0.1) is 38.0 Å². The van der Waals surface area contributed by atoms with E-state index in [1.165, 1.54) is 53.7 Å². The molecular weight excluding hydrogens is 641 g/mol. The molecule has 0 aliphatic heterocycles. The van der Waals surface area contributed by atoms with E-state index in [1.807, 2.05) is 6.07 Å². The predicted molar refractivity (Wildman–Crippen MR) is 214 cm³/mol. The van der Waals surface area contributed by atoms with E-state index in [2.05, 4.69) is 173 Å². The van der Waals surface area contributed by atoms with Gasteiger partial charge < -0.3 is 9.13 Å². The molecule has 0 N–H and O–H groups in total. The van der Waals surface area contributed by atoms with Crippen LogP contribution in [0.3, 0.4) is 0 Å². The second-order valence-corrected chi connectivity index (χ2v) is 14.1. The molecule has 0 spiro atoms. The third kappa shape index (κ3) is 4.25. The van der Waals surface area contributed by atoms with Gasteiger partial charge in [0, 0.05) is 54.1 Å². The molecule has 0 radical (unpaired) electrons. The van der Waals surface area contributed by atoms with Gasteiger partial charge in [-0.1, -0.05) is 103 Å². The number of thiophene rings is 1. The van der Waals surface area contributed by atoms with Crippen LogP contribution in [0.15, 0.2) is 170 Å². The highest BCUT2D eigenvalue weighted by molar-refractivity contribution is 7.26. The average Bonchev–Trinajstić information content (AvgIpc) is 3.85. The van der Waals surface area contributed by atoms with Crippen LogP contribution >= 0.6 is 11.3 Å². The molecule has 0 aliphatic carbocycles. The van der Waals surface area contributed by atoms with Crippen molar-refractivity contribution < 1.29 is 0 Å². The Balaban J connectivity index is 1.12. The number of fused-ring (bicyclic) bond motifs is 9. The van der Waals surface area contributed by atoms with Crippen LogP contribution in [0.2, 0.25) is 0 Å². The predicted octanol–water partition coefficient (Wildman–Crippen LogP) is 12.4. The van der Waals surface area contributed by atoms with E-state index < -0.39 is 0 Å². The molecule has 0 aliphatic rings. The number of rotatable bonds is 4. The Bertz CT molecular complexity index is 3120. The molecule has 0 saturated heterocycles. The minimum Gasteiger partial charge on any atom is -0.309 e. The van der Waals surface area contributed by atoms with Crippen molar-refractivity contribution in [3.05, 3.63) is 170 Å². The lowest BCUT2D eigenvalue weighted by atomic mass is 10.1. The summed E-state index contributed by atoms with van der Waals surface area (Å²) in [6.45, 7) is 0. The van der Waals surface area contributed by atoms with Gasteiger partial charge in [-0.25, -0.2) is 9.97 Å². The quantitative estimate of drug-likeness (QED) is 0.187. The third-order valence-electron chi connectivity index (χ3n) is 10.1. The van der Waals surface area contributed by atoms with Crippen molar-refractivity contribution >= 4 is 75.3 Å². The first-order valence-corrected chi connectivity index (χ1v) is 18.0. The van der Waals surface area contributed by atoms with E-state index >= 15 is 0 Å². The zero-order valence-corrected chi connectivity index (χ0v) is 28.2. The average molecular weight is 669 g/mol. The molecule has 11 aromatic rings.